The van der Waals surface area contributed by atoms with E-state index in [0.717, 1.165) is 22.3 Å². The number of furan rings is 1. The van der Waals surface area contributed by atoms with Crippen LogP contribution in [0.15, 0.2) is 52.9 Å². The third-order valence-corrected chi connectivity index (χ3v) is 3.59. The van der Waals surface area contributed by atoms with Gasteiger partial charge in [0, 0.05) is 10.4 Å². The molecule has 1 aromatic heterocycles. The molecule has 102 valence electrons. The van der Waals surface area contributed by atoms with Crippen LogP contribution >= 0.6 is 11.6 Å². The van der Waals surface area contributed by atoms with E-state index in [1.54, 1.807) is 0 Å². The molecule has 1 atom stereocenters. The topological polar surface area (TPSA) is 51.2 Å². The highest BCUT2D eigenvalue weighted by molar-refractivity contribution is 6.31. The van der Waals surface area contributed by atoms with E-state index in [4.69, 9.17) is 21.9 Å². The number of fused-ring (bicyclic) bond motifs is 1. The second-order valence-corrected chi connectivity index (χ2v) is 5.28. The highest BCUT2D eigenvalue weighted by Crippen LogP contribution is 2.29. The van der Waals surface area contributed by atoms with E-state index in [-0.39, 0.29) is 6.04 Å². The summed E-state index contributed by atoms with van der Waals surface area (Å²) in [6.45, 7) is 2.05. The lowest BCUT2D eigenvalue weighted by Crippen LogP contribution is -2.28. The summed E-state index contributed by atoms with van der Waals surface area (Å²) in [6.07, 6.45) is 0. The van der Waals surface area contributed by atoms with Gasteiger partial charge in [0.2, 0.25) is 0 Å². The van der Waals surface area contributed by atoms with Crippen molar-refractivity contribution in [3.63, 3.8) is 0 Å². The van der Waals surface area contributed by atoms with Crippen LogP contribution in [0.5, 0.6) is 0 Å². The molecule has 3 nitrogen and oxygen atoms in total. The highest BCUT2D eigenvalue weighted by Gasteiger charge is 2.17. The Morgan fingerprint density at radius 3 is 2.55 bits per heavy atom. The van der Waals surface area contributed by atoms with E-state index < -0.39 is 0 Å². The molecule has 0 aliphatic rings. The van der Waals surface area contributed by atoms with Gasteiger partial charge in [-0.3, -0.25) is 5.84 Å². The number of nitrogens with two attached hydrogens (primary N) is 1. The summed E-state index contributed by atoms with van der Waals surface area (Å²) >= 11 is 5.99. The Morgan fingerprint density at radius 1 is 1.10 bits per heavy atom. The second kappa shape index (κ2) is 5.29. The zero-order valence-corrected chi connectivity index (χ0v) is 11.8. The SMILES string of the molecule is Cc1ccc(C(NN)c2cc3cc(Cl)ccc3o2)cc1. The van der Waals surface area contributed by atoms with Gasteiger partial charge in [-0.1, -0.05) is 41.4 Å². The van der Waals surface area contributed by atoms with Gasteiger partial charge in [0.1, 0.15) is 17.4 Å². The van der Waals surface area contributed by atoms with Crippen LogP contribution in [0.25, 0.3) is 11.0 Å². The van der Waals surface area contributed by atoms with Crippen molar-refractivity contribution in [2.75, 3.05) is 0 Å². The third-order valence-electron chi connectivity index (χ3n) is 3.36. The Morgan fingerprint density at radius 2 is 1.85 bits per heavy atom. The molecule has 1 unspecified atom stereocenters. The Balaban J connectivity index is 2.04. The van der Waals surface area contributed by atoms with Crippen molar-refractivity contribution in [2.24, 2.45) is 5.84 Å². The van der Waals surface area contributed by atoms with Crippen molar-refractivity contribution in [3.8, 4) is 0 Å². The van der Waals surface area contributed by atoms with Crippen molar-refractivity contribution in [1.82, 2.24) is 5.43 Å². The van der Waals surface area contributed by atoms with E-state index >= 15 is 0 Å². The molecule has 3 N–H and O–H groups in total. The second-order valence-electron chi connectivity index (χ2n) is 4.84. The molecule has 0 spiro atoms. The number of benzene rings is 2. The number of hydrogen-bond donors (Lipinski definition) is 2. The summed E-state index contributed by atoms with van der Waals surface area (Å²) in [7, 11) is 0. The average Bonchev–Trinajstić information content (AvgIpc) is 2.84. The molecule has 3 aromatic rings. The van der Waals surface area contributed by atoms with E-state index in [2.05, 4.69) is 24.5 Å². The molecule has 0 fully saturated rings. The lowest BCUT2D eigenvalue weighted by Gasteiger charge is -2.13. The number of nitrogens with one attached hydrogen (secondary N) is 1. The van der Waals surface area contributed by atoms with E-state index in [1.165, 1.54) is 5.56 Å². The smallest absolute Gasteiger partial charge is 0.134 e. The molecule has 0 aliphatic heterocycles. The minimum atomic E-state index is -0.179. The lowest BCUT2D eigenvalue weighted by molar-refractivity contribution is 0.477. The van der Waals surface area contributed by atoms with Gasteiger partial charge in [-0.15, -0.1) is 0 Å². The fourth-order valence-corrected chi connectivity index (χ4v) is 2.46. The molecule has 0 radical (unpaired) electrons. The first-order chi connectivity index (χ1) is 9.67. The molecule has 1 heterocycles. The Bertz CT molecular complexity index is 734. The minimum absolute atomic E-state index is 0.179. The summed E-state index contributed by atoms with van der Waals surface area (Å²) in [5.74, 6) is 6.46. The number of hydrogen-bond acceptors (Lipinski definition) is 3. The van der Waals surface area contributed by atoms with Gasteiger partial charge >= 0.3 is 0 Å². The zero-order valence-electron chi connectivity index (χ0n) is 11.1. The van der Waals surface area contributed by atoms with Crippen molar-refractivity contribution in [2.45, 2.75) is 13.0 Å². The van der Waals surface area contributed by atoms with Gasteiger partial charge in [-0.25, -0.2) is 5.43 Å². The first-order valence-corrected chi connectivity index (χ1v) is 6.77. The average molecular weight is 287 g/mol. The highest BCUT2D eigenvalue weighted by atomic mass is 35.5. The van der Waals surface area contributed by atoms with Crippen LogP contribution in [0.3, 0.4) is 0 Å². The lowest BCUT2D eigenvalue weighted by atomic mass is 10.0. The summed E-state index contributed by atoms with van der Waals surface area (Å²) in [5.41, 5.74) is 5.87. The third kappa shape index (κ3) is 2.43. The van der Waals surface area contributed by atoms with Crippen LogP contribution in [0.2, 0.25) is 5.02 Å². The molecule has 2 aromatic carbocycles. The molecule has 0 saturated carbocycles. The molecule has 3 rings (SSSR count). The number of aryl methyl sites for hydroxylation is 1. The first-order valence-electron chi connectivity index (χ1n) is 6.39. The zero-order chi connectivity index (χ0) is 14.1. The molecule has 0 amide bonds. The van der Waals surface area contributed by atoms with Gasteiger partial charge in [0.05, 0.1) is 0 Å². The molecule has 0 aliphatic carbocycles. The predicted molar refractivity (Wildman–Crippen MR) is 81.6 cm³/mol. The summed E-state index contributed by atoms with van der Waals surface area (Å²) in [4.78, 5) is 0. The van der Waals surface area contributed by atoms with Crippen molar-refractivity contribution >= 4 is 22.6 Å². The number of hydrazine groups is 1. The Kier molecular flexibility index (Phi) is 3.49. The van der Waals surface area contributed by atoms with E-state index in [1.807, 2.05) is 36.4 Å². The van der Waals surface area contributed by atoms with Crippen LogP contribution in [0, 0.1) is 6.92 Å². The Labute approximate surface area is 122 Å². The summed E-state index contributed by atoms with van der Waals surface area (Å²) in [6, 6.07) is 15.5. The Hall–Kier alpha value is -1.81. The van der Waals surface area contributed by atoms with Gasteiger partial charge in [0.25, 0.3) is 0 Å². The monoisotopic (exact) mass is 286 g/mol. The number of halogens is 1. The molecule has 4 heteroatoms. The maximum atomic E-state index is 5.99. The van der Waals surface area contributed by atoms with Crippen molar-refractivity contribution in [3.05, 3.63) is 70.4 Å². The van der Waals surface area contributed by atoms with Gasteiger partial charge in [0.15, 0.2) is 0 Å². The van der Waals surface area contributed by atoms with E-state index in [0.29, 0.717) is 5.02 Å². The molecular formula is C16H15ClN2O. The van der Waals surface area contributed by atoms with Crippen molar-refractivity contribution < 1.29 is 4.42 Å². The molecule has 20 heavy (non-hydrogen) atoms. The molecule has 0 saturated heterocycles. The number of rotatable bonds is 3. The molecule has 0 bridgehead atoms. The standard InChI is InChI=1S/C16H15ClN2O/c1-10-2-4-11(5-3-10)16(19-18)15-9-12-8-13(17)6-7-14(12)20-15/h2-9,16,19H,18H2,1H3. The van der Waals surface area contributed by atoms with E-state index in [9.17, 15) is 0 Å². The van der Waals surface area contributed by atoms with Crippen LogP contribution < -0.4 is 11.3 Å². The largest absolute Gasteiger partial charge is 0.459 e. The van der Waals surface area contributed by atoms with Crippen LogP contribution in [0.1, 0.15) is 22.9 Å². The predicted octanol–water partition coefficient (Wildman–Crippen LogP) is 3.95. The van der Waals surface area contributed by atoms with Crippen LogP contribution in [-0.4, -0.2) is 0 Å². The maximum absolute atomic E-state index is 5.99. The van der Waals surface area contributed by atoms with Crippen LogP contribution in [0.4, 0.5) is 0 Å². The first kappa shape index (κ1) is 13.2. The summed E-state index contributed by atoms with van der Waals surface area (Å²) < 4.78 is 5.86. The van der Waals surface area contributed by atoms with Gasteiger partial charge < -0.3 is 4.42 Å². The minimum Gasteiger partial charge on any atom is -0.459 e. The quantitative estimate of drug-likeness (QED) is 0.566. The van der Waals surface area contributed by atoms with Gasteiger partial charge in [-0.05, 0) is 36.8 Å². The molecular weight excluding hydrogens is 272 g/mol. The normalized spacial score (nSPS) is 12.8. The fourth-order valence-electron chi connectivity index (χ4n) is 2.28. The van der Waals surface area contributed by atoms with Crippen LogP contribution in [-0.2, 0) is 0 Å². The summed E-state index contributed by atoms with van der Waals surface area (Å²) in [5, 5.41) is 1.66. The fraction of sp³-hybridized carbons (Fsp3) is 0.125. The maximum Gasteiger partial charge on any atom is 0.134 e. The van der Waals surface area contributed by atoms with Gasteiger partial charge in [-0.2, -0.15) is 0 Å². The van der Waals surface area contributed by atoms with Crippen molar-refractivity contribution in [1.29, 1.82) is 0 Å².